The molecule has 3 rings (SSSR count). The summed E-state index contributed by atoms with van der Waals surface area (Å²) in [6.45, 7) is 4.32. The zero-order chi connectivity index (χ0) is 17.3. The van der Waals surface area contributed by atoms with Crippen molar-refractivity contribution in [1.29, 1.82) is 0 Å². The Kier molecular flexibility index (Phi) is 4.65. The second-order valence-corrected chi connectivity index (χ2v) is 8.18. The standard InChI is InChI=1S/C19H23NO3S/c1-14-9-10-15(2)19(12-14)24(21,22)20-11-5-8-18(20)16-6-4-7-17(13-16)23-3/h4,6-7,9-10,12-13,18H,5,8,11H2,1-3H3/t18-/m1/s1. The van der Waals surface area contributed by atoms with Gasteiger partial charge in [0, 0.05) is 6.54 Å². The van der Waals surface area contributed by atoms with Gasteiger partial charge in [0.2, 0.25) is 10.0 Å². The molecule has 0 aromatic heterocycles. The van der Waals surface area contributed by atoms with Crippen molar-refractivity contribution in [3.8, 4) is 5.75 Å². The van der Waals surface area contributed by atoms with E-state index < -0.39 is 10.0 Å². The predicted octanol–water partition coefficient (Wildman–Crippen LogP) is 3.84. The number of aryl methyl sites for hydroxylation is 2. The van der Waals surface area contributed by atoms with Crippen molar-refractivity contribution in [2.75, 3.05) is 13.7 Å². The molecule has 0 amide bonds. The molecular weight excluding hydrogens is 322 g/mol. The van der Waals surface area contributed by atoms with Gasteiger partial charge in [-0.3, -0.25) is 0 Å². The maximum Gasteiger partial charge on any atom is 0.243 e. The van der Waals surface area contributed by atoms with Gasteiger partial charge in [-0.2, -0.15) is 4.31 Å². The van der Waals surface area contributed by atoms with E-state index in [9.17, 15) is 8.42 Å². The fraction of sp³-hybridized carbons (Fsp3) is 0.368. The summed E-state index contributed by atoms with van der Waals surface area (Å²) < 4.78 is 33.4. The molecule has 1 heterocycles. The van der Waals surface area contributed by atoms with E-state index in [0.29, 0.717) is 11.4 Å². The monoisotopic (exact) mass is 345 g/mol. The summed E-state index contributed by atoms with van der Waals surface area (Å²) in [6.07, 6.45) is 1.70. The van der Waals surface area contributed by atoms with E-state index in [0.717, 1.165) is 35.3 Å². The summed E-state index contributed by atoms with van der Waals surface area (Å²) in [5.41, 5.74) is 2.73. The van der Waals surface area contributed by atoms with Crippen molar-refractivity contribution >= 4 is 10.0 Å². The number of nitrogens with zero attached hydrogens (tertiary/aromatic N) is 1. The van der Waals surface area contributed by atoms with E-state index >= 15 is 0 Å². The van der Waals surface area contributed by atoms with Crippen molar-refractivity contribution in [3.63, 3.8) is 0 Å². The van der Waals surface area contributed by atoms with Crippen LogP contribution in [0.5, 0.6) is 5.75 Å². The van der Waals surface area contributed by atoms with E-state index in [1.54, 1.807) is 17.5 Å². The minimum absolute atomic E-state index is 0.134. The molecule has 0 saturated carbocycles. The lowest BCUT2D eigenvalue weighted by Crippen LogP contribution is -2.31. The van der Waals surface area contributed by atoms with Gasteiger partial charge in [0.15, 0.2) is 0 Å². The molecule has 0 radical (unpaired) electrons. The van der Waals surface area contributed by atoms with Crippen LogP contribution >= 0.6 is 0 Å². The molecule has 1 fully saturated rings. The van der Waals surface area contributed by atoms with Gasteiger partial charge in [-0.15, -0.1) is 0 Å². The zero-order valence-corrected chi connectivity index (χ0v) is 15.1. The number of benzene rings is 2. The zero-order valence-electron chi connectivity index (χ0n) is 14.3. The van der Waals surface area contributed by atoms with Gasteiger partial charge < -0.3 is 4.74 Å². The van der Waals surface area contributed by atoms with Gasteiger partial charge in [0.05, 0.1) is 18.0 Å². The third kappa shape index (κ3) is 3.06. The summed E-state index contributed by atoms with van der Waals surface area (Å²) in [7, 11) is -1.89. The maximum absolute atomic E-state index is 13.2. The second-order valence-electron chi connectivity index (χ2n) is 6.32. The first-order chi connectivity index (χ1) is 11.4. The minimum Gasteiger partial charge on any atom is -0.497 e. The van der Waals surface area contributed by atoms with Crippen molar-refractivity contribution in [1.82, 2.24) is 4.31 Å². The van der Waals surface area contributed by atoms with Crippen LogP contribution in [0.15, 0.2) is 47.4 Å². The number of hydrogen-bond acceptors (Lipinski definition) is 3. The Balaban J connectivity index is 2.01. The smallest absolute Gasteiger partial charge is 0.243 e. The summed E-state index contributed by atoms with van der Waals surface area (Å²) >= 11 is 0. The first-order valence-electron chi connectivity index (χ1n) is 8.16. The first-order valence-corrected chi connectivity index (χ1v) is 9.60. The number of hydrogen-bond donors (Lipinski definition) is 0. The highest BCUT2D eigenvalue weighted by Gasteiger charge is 2.37. The Morgan fingerprint density at radius 3 is 2.67 bits per heavy atom. The number of sulfonamides is 1. The highest BCUT2D eigenvalue weighted by molar-refractivity contribution is 7.89. The molecule has 1 saturated heterocycles. The van der Waals surface area contributed by atoms with Crippen LogP contribution in [-0.2, 0) is 10.0 Å². The van der Waals surface area contributed by atoms with Crippen molar-refractivity contribution in [3.05, 3.63) is 59.2 Å². The summed E-state index contributed by atoms with van der Waals surface area (Å²) in [5, 5.41) is 0. The van der Waals surface area contributed by atoms with Crippen molar-refractivity contribution in [2.24, 2.45) is 0 Å². The molecule has 1 aliphatic rings. The summed E-state index contributed by atoms with van der Waals surface area (Å²) in [5.74, 6) is 0.753. The lowest BCUT2D eigenvalue weighted by Gasteiger charge is -2.25. The Labute approximate surface area is 144 Å². The first kappa shape index (κ1) is 17.0. The molecule has 128 valence electrons. The molecular formula is C19H23NO3S. The highest BCUT2D eigenvalue weighted by Crippen LogP contribution is 2.38. The van der Waals surface area contributed by atoms with Crippen LogP contribution in [0.25, 0.3) is 0 Å². The van der Waals surface area contributed by atoms with E-state index in [4.69, 9.17) is 4.74 Å². The normalized spacial score (nSPS) is 18.7. The van der Waals surface area contributed by atoms with E-state index in [1.165, 1.54) is 0 Å². The molecule has 4 nitrogen and oxygen atoms in total. The molecule has 2 aromatic carbocycles. The Bertz CT molecular complexity index is 845. The number of methoxy groups -OCH3 is 1. The van der Waals surface area contributed by atoms with Gasteiger partial charge in [0.25, 0.3) is 0 Å². The number of rotatable bonds is 4. The molecule has 0 unspecified atom stereocenters. The van der Waals surface area contributed by atoms with Crippen LogP contribution in [0.3, 0.4) is 0 Å². The van der Waals surface area contributed by atoms with Crippen LogP contribution in [0, 0.1) is 13.8 Å². The van der Waals surface area contributed by atoms with E-state index in [1.807, 2.05) is 50.2 Å². The molecule has 5 heteroatoms. The topological polar surface area (TPSA) is 46.6 Å². The van der Waals surface area contributed by atoms with Crippen LogP contribution in [0.2, 0.25) is 0 Å². The van der Waals surface area contributed by atoms with Gasteiger partial charge in [0.1, 0.15) is 5.75 Å². The predicted molar refractivity (Wildman–Crippen MR) is 94.8 cm³/mol. The molecule has 0 spiro atoms. The van der Waals surface area contributed by atoms with Gasteiger partial charge in [-0.1, -0.05) is 24.3 Å². The second kappa shape index (κ2) is 6.57. The molecule has 2 aromatic rings. The quantitative estimate of drug-likeness (QED) is 0.846. The number of ether oxygens (including phenoxy) is 1. The minimum atomic E-state index is -3.52. The van der Waals surface area contributed by atoms with Crippen molar-refractivity contribution in [2.45, 2.75) is 37.6 Å². The third-order valence-electron chi connectivity index (χ3n) is 4.61. The Morgan fingerprint density at radius 2 is 1.92 bits per heavy atom. The molecule has 0 N–H and O–H groups in total. The van der Waals surface area contributed by atoms with E-state index in [-0.39, 0.29) is 6.04 Å². The maximum atomic E-state index is 13.2. The molecule has 1 aliphatic heterocycles. The molecule has 1 atom stereocenters. The summed E-state index contributed by atoms with van der Waals surface area (Å²) in [4.78, 5) is 0.414. The van der Waals surface area contributed by atoms with Crippen LogP contribution in [0.1, 0.15) is 35.6 Å². The third-order valence-corrected chi connectivity index (χ3v) is 6.66. The SMILES string of the molecule is COc1cccc([C@H]2CCCN2S(=O)(=O)c2cc(C)ccc2C)c1. The van der Waals surface area contributed by atoms with Crippen LogP contribution in [-0.4, -0.2) is 26.4 Å². The fourth-order valence-electron chi connectivity index (χ4n) is 3.32. The Morgan fingerprint density at radius 1 is 1.12 bits per heavy atom. The lowest BCUT2D eigenvalue weighted by atomic mass is 10.1. The molecule has 0 aliphatic carbocycles. The molecule has 0 bridgehead atoms. The lowest BCUT2D eigenvalue weighted by molar-refractivity contribution is 0.390. The van der Waals surface area contributed by atoms with Crippen molar-refractivity contribution < 1.29 is 13.2 Å². The largest absolute Gasteiger partial charge is 0.497 e. The van der Waals surface area contributed by atoms with Crippen LogP contribution < -0.4 is 4.74 Å². The van der Waals surface area contributed by atoms with Gasteiger partial charge >= 0.3 is 0 Å². The summed E-state index contributed by atoms with van der Waals surface area (Å²) in [6, 6.07) is 13.1. The average molecular weight is 345 g/mol. The van der Waals surface area contributed by atoms with Crippen LogP contribution in [0.4, 0.5) is 0 Å². The van der Waals surface area contributed by atoms with Gasteiger partial charge in [-0.05, 0) is 61.6 Å². The van der Waals surface area contributed by atoms with E-state index in [2.05, 4.69) is 0 Å². The molecule has 24 heavy (non-hydrogen) atoms. The fourth-order valence-corrected chi connectivity index (χ4v) is 5.32. The Hall–Kier alpha value is -1.85. The average Bonchev–Trinajstić information content (AvgIpc) is 3.07. The highest BCUT2D eigenvalue weighted by atomic mass is 32.2. The van der Waals surface area contributed by atoms with Gasteiger partial charge in [-0.25, -0.2) is 8.42 Å².